The molecule has 0 aliphatic heterocycles. The van der Waals surface area contributed by atoms with Crippen molar-refractivity contribution in [1.29, 1.82) is 0 Å². The van der Waals surface area contributed by atoms with Crippen LogP contribution in [0.15, 0.2) is 24.3 Å². The van der Waals surface area contributed by atoms with Crippen molar-refractivity contribution >= 4 is 5.69 Å². The molecule has 1 aromatic carbocycles. The molecular formula is C11H12FN. The van der Waals surface area contributed by atoms with E-state index in [0.717, 1.165) is 5.69 Å². The van der Waals surface area contributed by atoms with Gasteiger partial charge in [-0.2, -0.15) is 0 Å². The summed E-state index contributed by atoms with van der Waals surface area (Å²) >= 11 is 0. The minimum Gasteiger partial charge on any atom is -0.370 e. The van der Waals surface area contributed by atoms with Gasteiger partial charge in [-0.15, -0.1) is 6.42 Å². The van der Waals surface area contributed by atoms with Crippen molar-refractivity contribution in [3.63, 3.8) is 0 Å². The quantitative estimate of drug-likeness (QED) is 0.685. The first-order valence-electron chi connectivity index (χ1n) is 4.05. The maximum Gasteiger partial charge on any atom is 0.123 e. The third-order valence-corrected chi connectivity index (χ3v) is 1.66. The predicted molar refractivity (Wildman–Crippen MR) is 52.9 cm³/mol. The molecule has 1 rings (SSSR count). The standard InChI is InChI=1S/C11H12FN/c1-4-11(2,3)13-10-7-5-9(12)6-8-10/h1,5-8,13H,2-3H3. The van der Waals surface area contributed by atoms with Crippen molar-refractivity contribution in [2.75, 3.05) is 5.32 Å². The minimum absolute atomic E-state index is 0.246. The molecule has 0 radical (unpaired) electrons. The number of halogens is 1. The lowest BCUT2D eigenvalue weighted by atomic mass is 10.1. The SMILES string of the molecule is C#CC(C)(C)Nc1ccc(F)cc1. The fourth-order valence-corrected chi connectivity index (χ4v) is 0.930. The molecule has 0 saturated carbocycles. The highest BCUT2D eigenvalue weighted by Crippen LogP contribution is 2.14. The lowest BCUT2D eigenvalue weighted by Gasteiger charge is -2.20. The largest absolute Gasteiger partial charge is 0.370 e. The van der Waals surface area contributed by atoms with Gasteiger partial charge < -0.3 is 5.32 Å². The zero-order valence-corrected chi connectivity index (χ0v) is 7.76. The molecule has 1 N–H and O–H groups in total. The molecule has 0 aliphatic rings. The Labute approximate surface area is 78.0 Å². The van der Waals surface area contributed by atoms with E-state index in [9.17, 15) is 4.39 Å². The lowest BCUT2D eigenvalue weighted by molar-refractivity contribution is 0.627. The smallest absolute Gasteiger partial charge is 0.123 e. The fourth-order valence-electron chi connectivity index (χ4n) is 0.930. The molecule has 1 aromatic rings. The van der Waals surface area contributed by atoms with Crippen LogP contribution in [0.4, 0.5) is 10.1 Å². The maximum atomic E-state index is 12.5. The molecule has 68 valence electrons. The van der Waals surface area contributed by atoms with E-state index in [1.54, 1.807) is 12.1 Å². The number of terminal acetylenes is 1. The highest BCUT2D eigenvalue weighted by atomic mass is 19.1. The van der Waals surface area contributed by atoms with Crippen molar-refractivity contribution in [2.24, 2.45) is 0 Å². The van der Waals surface area contributed by atoms with Crippen LogP contribution in [0, 0.1) is 18.2 Å². The first kappa shape index (κ1) is 9.60. The van der Waals surface area contributed by atoms with Gasteiger partial charge in [0.25, 0.3) is 0 Å². The van der Waals surface area contributed by atoms with Crippen LogP contribution in [0.2, 0.25) is 0 Å². The van der Waals surface area contributed by atoms with Crippen LogP contribution < -0.4 is 5.32 Å². The number of rotatable bonds is 2. The van der Waals surface area contributed by atoms with Crippen molar-refractivity contribution in [3.05, 3.63) is 30.1 Å². The van der Waals surface area contributed by atoms with Crippen LogP contribution in [0.1, 0.15) is 13.8 Å². The van der Waals surface area contributed by atoms with Gasteiger partial charge in [-0.1, -0.05) is 5.92 Å². The molecule has 0 bridgehead atoms. The van der Waals surface area contributed by atoms with Gasteiger partial charge in [0.1, 0.15) is 5.82 Å². The van der Waals surface area contributed by atoms with Gasteiger partial charge in [-0.25, -0.2) is 4.39 Å². The summed E-state index contributed by atoms with van der Waals surface area (Å²) in [4.78, 5) is 0. The highest BCUT2D eigenvalue weighted by molar-refractivity contribution is 5.47. The lowest BCUT2D eigenvalue weighted by Crippen LogP contribution is -2.28. The molecule has 0 saturated heterocycles. The first-order valence-corrected chi connectivity index (χ1v) is 4.05. The van der Waals surface area contributed by atoms with Gasteiger partial charge in [0.15, 0.2) is 0 Å². The summed E-state index contributed by atoms with van der Waals surface area (Å²) in [5.41, 5.74) is 0.419. The predicted octanol–water partition coefficient (Wildman–Crippen LogP) is 2.65. The van der Waals surface area contributed by atoms with Gasteiger partial charge in [0, 0.05) is 5.69 Å². The van der Waals surface area contributed by atoms with E-state index in [2.05, 4.69) is 11.2 Å². The second-order valence-corrected chi connectivity index (χ2v) is 3.40. The summed E-state index contributed by atoms with van der Waals surface area (Å²) in [6.07, 6.45) is 5.30. The molecule has 1 nitrogen and oxygen atoms in total. The molecule has 0 atom stereocenters. The van der Waals surface area contributed by atoms with E-state index < -0.39 is 5.54 Å². The Kier molecular flexibility index (Phi) is 2.57. The van der Waals surface area contributed by atoms with Gasteiger partial charge >= 0.3 is 0 Å². The summed E-state index contributed by atoms with van der Waals surface area (Å²) in [6, 6.07) is 6.12. The Balaban J connectivity index is 2.77. The number of benzene rings is 1. The monoisotopic (exact) mass is 177 g/mol. The first-order chi connectivity index (χ1) is 6.03. The van der Waals surface area contributed by atoms with E-state index in [1.165, 1.54) is 12.1 Å². The van der Waals surface area contributed by atoms with E-state index in [4.69, 9.17) is 6.42 Å². The summed E-state index contributed by atoms with van der Waals surface area (Å²) in [5.74, 6) is 2.35. The average Bonchev–Trinajstić information content (AvgIpc) is 2.09. The Morgan fingerprint density at radius 2 is 1.85 bits per heavy atom. The molecule has 0 spiro atoms. The average molecular weight is 177 g/mol. The zero-order chi connectivity index (χ0) is 9.90. The van der Waals surface area contributed by atoms with Crippen molar-refractivity contribution in [3.8, 4) is 12.3 Å². The second kappa shape index (κ2) is 3.49. The molecular weight excluding hydrogens is 165 g/mol. The van der Waals surface area contributed by atoms with Gasteiger partial charge in [0.05, 0.1) is 5.54 Å². The highest BCUT2D eigenvalue weighted by Gasteiger charge is 2.12. The van der Waals surface area contributed by atoms with Crippen molar-refractivity contribution in [2.45, 2.75) is 19.4 Å². The van der Waals surface area contributed by atoms with Crippen molar-refractivity contribution < 1.29 is 4.39 Å². The van der Waals surface area contributed by atoms with Crippen LogP contribution in [0.5, 0.6) is 0 Å². The van der Waals surface area contributed by atoms with E-state index in [-0.39, 0.29) is 5.82 Å². The molecule has 13 heavy (non-hydrogen) atoms. The third-order valence-electron chi connectivity index (χ3n) is 1.66. The minimum atomic E-state index is -0.405. The summed E-state index contributed by atoms with van der Waals surface area (Å²) < 4.78 is 12.5. The molecule has 0 aliphatic carbocycles. The molecule has 2 heteroatoms. The molecule has 0 unspecified atom stereocenters. The Morgan fingerprint density at radius 3 is 2.31 bits per heavy atom. The Hall–Kier alpha value is -1.49. The summed E-state index contributed by atoms with van der Waals surface area (Å²) in [7, 11) is 0. The van der Waals surface area contributed by atoms with E-state index in [0.29, 0.717) is 0 Å². The van der Waals surface area contributed by atoms with Gasteiger partial charge in [-0.05, 0) is 38.1 Å². The maximum absolute atomic E-state index is 12.5. The molecule has 0 amide bonds. The molecule has 0 aromatic heterocycles. The molecule has 0 fully saturated rings. The van der Waals surface area contributed by atoms with E-state index >= 15 is 0 Å². The van der Waals surface area contributed by atoms with Crippen LogP contribution in [-0.4, -0.2) is 5.54 Å². The third kappa shape index (κ3) is 2.79. The number of anilines is 1. The topological polar surface area (TPSA) is 12.0 Å². The number of hydrogen-bond donors (Lipinski definition) is 1. The number of hydrogen-bond acceptors (Lipinski definition) is 1. The summed E-state index contributed by atoms with van der Waals surface area (Å²) in [5, 5.41) is 3.09. The van der Waals surface area contributed by atoms with Crippen LogP contribution >= 0.6 is 0 Å². The van der Waals surface area contributed by atoms with E-state index in [1.807, 2.05) is 13.8 Å². The van der Waals surface area contributed by atoms with Crippen molar-refractivity contribution in [1.82, 2.24) is 0 Å². The second-order valence-electron chi connectivity index (χ2n) is 3.40. The Morgan fingerprint density at radius 1 is 1.31 bits per heavy atom. The van der Waals surface area contributed by atoms with Gasteiger partial charge in [-0.3, -0.25) is 0 Å². The normalized spacial score (nSPS) is 10.6. The van der Waals surface area contributed by atoms with Gasteiger partial charge in [0.2, 0.25) is 0 Å². The molecule has 0 heterocycles. The Bertz CT molecular complexity index is 319. The zero-order valence-electron chi connectivity index (χ0n) is 7.76. The van der Waals surface area contributed by atoms with Crippen LogP contribution in [0.25, 0.3) is 0 Å². The van der Waals surface area contributed by atoms with Crippen LogP contribution in [0.3, 0.4) is 0 Å². The van der Waals surface area contributed by atoms with Crippen LogP contribution in [-0.2, 0) is 0 Å². The fraction of sp³-hybridized carbons (Fsp3) is 0.273. The number of nitrogens with one attached hydrogen (secondary N) is 1. The summed E-state index contributed by atoms with van der Waals surface area (Å²) in [6.45, 7) is 3.77.